The molecule has 1 aromatic carbocycles. The van der Waals surface area contributed by atoms with E-state index in [9.17, 15) is 4.79 Å². The Bertz CT molecular complexity index is 1060. The molecule has 11 heteroatoms. The van der Waals surface area contributed by atoms with E-state index < -0.39 is 6.09 Å². The van der Waals surface area contributed by atoms with Gasteiger partial charge in [0.1, 0.15) is 11.9 Å². The Hall–Kier alpha value is -3.86. The highest BCUT2D eigenvalue weighted by molar-refractivity contribution is 6.10. The van der Waals surface area contributed by atoms with Gasteiger partial charge in [-0.2, -0.15) is 0 Å². The number of carbonyl (C=O) groups excluding carboxylic acids is 1. The van der Waals surface area contributed by atoms with Gasteiger partial charge >= 0.3 is 6.09 Å². The highest BCUT2D eigenvalue weighted by atomic mass is 16.6. The monoisotopic (exact) mass is 437 g/mol. The van der Waals surface area contributed by atoms with Crippen LogP contribution in [0.15, 0.2) is 53.7 Å². The van der Waals surface area contributed by atoms with Crippen molar-refractivity contribution in [3.05, 3.63) is 65.6 Å². The predicted molar refractivity (Wildman–Crippen MR) is 114 cm³/mol. The van der Waals surface area contributed by atoms with Crippen LogP contribution in [0.25, 0.3) is 0 Å². The molecule has 0 aliphatic carbocycles. The predicted octanol–water partition coefficient (Wildman–Crippen LogP) is 2.30. The van der Waals surface area contributed by atoms with Crippen LogP contribution in [0.4, 0.5) is 10.6 Å². The summed E-state index contributed by atoms with van der Waals surface area (Å²) in [5.74, 6) is 0.836. The molecule has 2 aromatic heterocycles. The average molecular weight is 437 g/mol. The normalized spacial score (nSPS) is 14.7. The van der Waals surface area contributed by atoms with Crippen LogP contribution in [0.3, 0.4) is 0 Å². The molecule has 166 valence electrons. The summed E-state index contributed by atoms with van der Waals surface area (Å²) in [4.78, 5) is 22.1. The number of tetrazole rings is 1. The van der Waals surface area contributed by atoms with Gasteiger partial charge < -0.3 is 14.3 Å². The third kappa shape index (κ3) is 5.64. The van der Waals surface area contributed by atoms with Crippen molar-refractivity contribution in [2.24, 2.45) is 12.2 Å². The zero-order chi connectivity index (χ0) is 22.2. The molecule has 1 amide bonds. The van der Waals surface area contributed by atoms with Gasteiger partial charge in [-0.25, -0.2) is 14.5 Å². The number of hydrogen-bond acceptors (Lipinski definition) is 9. The van der Waals surface area contributed by atoms with E-state index in [2.05, 4.69) is 31.0 Å². The van der Waals surface area contributed by atoms with E-state index in [0.717, 1.165) is 5.56 Å². The summed E-state index contributed by atoms with van der Waals surface area (Å²) in [6, 6.07) is 14.7. The first-order valence-electron chi connectivity index (χ1n) is 10.2. The number of carbonyl (C=O) groups is 1. The molecule has 1 saturated heterocycles. The molecule has 0 spiro atoms. The second-order valence-electron chi connectivity index (χ2n) is 7.06. The smallest absolute Gasteiger partial charge is 0.413 e. The Kier molecular flexibility index (Phi) is 6.98. The van der Waals surface area contributed by atoms with Crippen molar-refractivity contribution in [3.8, 4) is 0 Å². The van der Waals surface area contributed by atoms with Gasteiger partial charge in [0.2, 0.25) is 5.82 Å². The van der Waals surface area contributed by atoms with Crippen LogP contribution in [-0.4, -0.2) is 56.3 Å². The first kappa shape index (κ1) is 21.4. The summed E-state index contributed by atoms with van der Waals surface area (Å²) in [7, 11) is 1.73. The van der Waals surface area contributed by atoms with E-state index in [0.29, 0.717) is 49.1 Å². The molecule has 0 atom stereocenters. The molecular formula is C21H23N7O4. The number of nitrogens with zero attached hydrogens (tertiary/aromatic N) is 6. The van der Waals surface area contributed by atoms with Crippen LogP contribution in [0, 0.1) is 0 Å². The third-order valence-corrected chi connectivity index (χ3v) is 4.73. The van der Waals surface area contributed by atoms with Gasteiger partial charge in [0.25, 0.3) is 0 Å². The Morgan fingerprint density at radius 1 is 1.19 bits per heavy atom. The summed E-state index contributed by atoms with van der Waals surface area (Å²) in [5.41, 5.74) is 1.89. The molecular weight excluding hydrogens is 414 g/mol. The second kappa shape index (κ2) is 10.4. The Morgan fingerprint density at radius 2 is 2.00 bits per heavy atom. The average Bonchev–Trinajstić information content (AvgIpc) is 3.23. The third-order valence-electron chi connectivity index (χ3n) is 4.73. The summed E-state index contributed by atoms with van der Waals surface area (Å²) >= 11 is 0. The van der Waals surface area contributed by atoms with Crippen molar-refractivity contribution in [1.29, 1.82) is 0 Å². The van der Waals surface area contributed by atoms with Gasteiger partial charge in [-0.3, -0.25) is 5.32 Å². The van der Waals surface area contributed by atoms with Crippen LogP contribution in [-0.2, 0) is 28.0 Å². The van der Waals surface area contributed by atoms with Crippen molar-refractivity contribution in [2.75, 3.05) is 18.5 Å². The highest BCUT2D eigenvalue weighted by Crippen LogP contribution is 2.13. The van der Waals surface area contributed by atoms with E-state index in [4.69, 9.17) is 14.3 Å². The van der Waals surface area contributed by atoms with Crippen LogP contribution in [0.1, 0.15) is 29.9 Å². The van der Waals surface area contributed by atoms with Crippen molar-refractivity contribution >= 4 is 17.6 Å². The molecule has 0 radical (unpaired) electrons. The number of pyridine rings is 1. The minimum Gasteiger partial charge on any atom is -0.446 e. The number of aryl methyl sites for hydroxylation is 1. The molecule has 0 bridgehead atoms. The van der Waals surface area contributed by atoms with Crippen LogP contribution in [0.5, 0.6) is 0 Å². The van der Waals surface area contributed by atoms with E-state index in [1.807, 2.05) is 30.3 Å². The Labute approximate surface area is 184 Å². The molecule has 1 fully saturated rings. The Morgan fingerprint density at radius 3 is 2.75 bits per heavy atom. The lowest BCUT2D eigenvalue weighted by Gasteiger charge is -2.22. The van der Waals surface area contributed by atoms with Gasteiger partial charge in [-0.1, -0.05) is 41.6 Å². The fourth-order valence-electron chi connectivity index (χ4n) is 3.12. The zero-order valence-electron chi connectivity index (χ0n) is 17.5. The maximum absolute atomic E-state index is 12.1. The van der Waals surface area contributed by atoms with Crippen molar-refractivity contribution in [1.82, 2.24) is 25.2 Å². The lowest BCUT2D eigenvalue weighted by atomic mass is 10.1. The summed E-state index contributed by atoms with van der Waals surface area (Å²) in [6.45, 7) is 1.28. The number of amides is 1. The van der Waals surface area contributed by atoms with Crippen LogP contribution in [0.2, 0.25) is 0 Å². The van der Waals surface area contributed by atoms with E-state index in [1.165, 1.54) is 4.68 Å². The van der Waals surface area contributed by atoms with Crippen LogP contribution >= 0.6 is 0 Å². The lowest BCUT2D eigenvalue weighted by molar-refractivity contribution is 0.00590. The van der Waals surface area contributed by atoms with Crippen LogP contribution < -0.4 is 5.32 Å². The fourth-order valence-corrected chi connectivity index (χ4v) is 3.12. The first-order valence-corrected chi connectivity index (χ1v) is 10.2. The van der Waals surface area contributed by atoms with E-state index in [-0.39, 0.29) is 12.7 Å². The largest absolute Gasteiger partial charge is 0.446 e. The van der Waals surface area contributed by atoms with Gasteiger partial charge in [0.05, 0.1) is 18.9 Å². The number of rotatable bonds is 7. The maximum atomic E-state index is 12.1. The van der Waals surface area contributed by atoms with Gasteiger partial charge in [0, 0.05) is 25.5 Å². The molecule has 1 N–H and O–H groups in total. The molecule has 1 aliphatic heterocycles. The van der Waals surface area contributed by atoms with Gasteiger partial charge in [-0.15, -0.1) is 5.10 Å². The minimum absolute atomic E-state index is 0.0894. The highest BCUT2D eigenvalue weighted by Gasteiger charge is 2.18. The summed E-state index contributed by atoms with van der Waals surface area (Å²) in [5, 5.41) is 18.4. The van der Waals surface area contributed by atoms with E-state index in [1.54, 1.807) is 25.2 Å². The standard InChI is InChI=1S/C21H23N7O4/c1-28-20(24-26-27-28)19(15-6-3-2-4-7-15)25-31-14-16-8-5-9-18(22-16)23-21(29)32-17-10-12-30-13-11-17/h2-9,17H,10-14H2,1H3,(H,22,23,29). The summed E-state index contributed by atoms with van der Waals surface area (Å²) in [6.07, 6.45) is 0.701. The molecule has 4 rings (SSSR count). The number of oxime groups is 1. The molecule has 1 aliphatic rings. The van der Waals surface area contributed by atoms with E-state index >= 15 is 0 Å². The summed E-state index contributed by atoms with van der Waals surface area (Å²) < 4.78 is 12.2. The molecule has 11 nitrogen and oxygen atoms in total. The maximum Gasteiger partial charge on any atom is 0.413 e. The lowest BCUT2D eigenvalue weighted by Crippen LogP contribution is -2.28. The molecule has 3 heterocycles. The number of anilines is 1. The molecule has 0 unspecified atom stereocenters. The first-order chi connectivity index (χ1) is 15.7. The zero-order valence-corrected chi connectivity index (χ0v) is 17.5. The topological polar surface area (TPSA) is 126 Å². The molecule has 32 heavy (non-hydrogen) atoms. The van der Waals surface area contributed by atoms with Gasteiger partial charge in [-0.05, 0) is 22.6 Å². The SMILES string of the molecule is Cn1nnnc1C(=NOCc1cccc(NC(=O)OC2CCOCC2)n1)c1ccccc1. The minimum atomic E-state index is -0.540. The molecule has 0 saturated carbocycles. The van der Waals surface area contributed by atoms with Crippen molar-refractivity contribution in [3.63, 3.8) is 0 Å². The Balaban J connectivity index is 1.40. The molecule has 3 aromatic rings. The number of hydrogen-bond donors (Lipinski definition) is 1. The van der Waals surface area contributed by atoms with Crippen molar-refractivity contribution in [2.45, 2.75) is 25.6 Å². The quantitative estimate of drug-likeness (QED) is 0.441. The number of nitrogens with one attached hydrogen (secondary N) is 1. The van der Waals surface area contributed by atoms with Crippen molar-refractivity contribution < 1.29 is 19.1 Å². The number of ether oxygens (including phenoxy) is 2. The fraction of sp³-hybridized carbons (Fsp3) is 0.333. The second-order valence-corrected chi connectivity index (χ2v) is 7.06. The van der Waals surface area contributed by atoms with Gasteiger partial charge in [0.15, 0.2) is 12.3 Å². The number of benzene rings is 1. The number of aromatic nitrogens is 5.